The molecule has 0 saturated heterocycles. The standard InChI is InChI=1S/C24H27NO5/c1-27-20-9-8-18-11-17(5-7-19(18)14-20)15-25-23(26)10-6-16-12-21(28-2)24(30-4)22(13-16)29-3/h5,7-9,11-14H,6,10,15H2,1-4H3,(H,25,26). The summed E-state index contributed by atoms with van der Waals surface area (Å²) in [5.41, 5.74) is 1.99. The lowest BCUT2D eigenvalue weighted by Crippen LogP contribution is -2.23. The third-order valence-corrected chi connectivity index (χ3v) is 4.97. The monoisotopic (exact) mass is 409 g/mol. The molecule has 0 heterocycles. The summed E-state index contributed by atoms with van der Waals surface area (Å²) in [5.74, 6) is 2.52. The maximum absolute atomic E-state index is 12.4. The van der Waals surface area contributed by atoms with Crippen molar-refractivity contribution in [2.45, 2.75) is 19.4 Å². The lowest BCUT2D eigenvalue weighted by molar-refractivity contribution is -0.121. The summed E-state index contributed by atoms with van der Waals surface area (Å²) in [6.45, 7) is 0.482. The minimum atomic E-state index is -0.0152. The first-order chi connectivity index (χ1) is 14.6. The van der Waals surface area contributed by atoms with Gasteiger partial charge in [-0.1, -0.05) is 18.2 Å². The zero-order chi connectivity index (χ0) is 21.5. The molecule has 0 saturated carbocycles. The van der Waals surface area contributed by atoms with E-state index in [1.807, 2.05) is 42.5 Å². The van der Waals surface area contributed by atoms with Crippen molar-refractivity contribution < 1.29 is 23.7 Å². The van der Waals surface area contributed by atoms with Crippen LogP contribution < -0.4 is 24.3 Å². The molecule has 6 heteroatoms. The van der Waals surface area contributed by atoms with Gasteiger partial charge >= 0.3 is 0 Å². The molecule has 0 aliphatic heterocycles. The predicted octanol–water partition coefficient (Wildman–Crippen LogP) is 4.12. The van der Waals surface area contributed by atoms with E-state index in [0.717, 1.165) is 27.6 Å². The number of hydrogen-bond acceptors (Lipinski definition) is 5. The first-order valence-electron chi connectivity index (χ1n) is 9.70. The number of hydrogen-bond donors (Lipinski definition) is 1. The van der Waals surface area contributed by atoms with Gasteiger partial charge in [0, 0.05) is 13.0 Å². The molecule has 30 heavy (non-hydrogen) atoms. The van der Waals surface area contributed by atoms with Crippen LogP contribution in [0.15, 0.2) is 48.5 Å². The molecule has 0 radical (unpaired) electrons. The van der Waals surface area contributed by atoms with Gasteiger partial charge in [0.2, 0.25) is 11.7 Å². The van der Waals surface area contributed by atoms with Crippen molar-refractivity contribution in [1.82, 2.24) is 5.32 Å². The van der Waals surface area contributed by atoms with Crippen LogP contribution >= 0.6 is 0 Å². The zero-order valence-electron chi connectivity index (χ0n) is 17.8. The second-order valence-electron chi connectivity index (χ2n) is 6.86. The molecule has 3 aromatic carbocycles. The van der Waals surface area contributed by atoms with Crippen LogP contribution in [0.2, 0.25) is 0 Å². The maximum Gasteiger partial charge on any atom is 0.220 e. The minimum Gasteiger partial charge on any atom is -0.497 e. The molecule has 0 bridgehead atoms. The van der Waals surface area contributed by atoms with Crippen LogP contribution in [0.1, 0.15) is 17.5 Å². The average molecular weight is 409 g/mol. The summed E-state index contributed by atoms with van der Waals surface area (Å²) in [6, 6.07) is 15.8. The predicted molar refractivity (Wildman–Crippen MR) is 117 cm³/mol. The Morgan fingerprint density at radius 2 is 1.43 bits per heavy atom. The molecule has 0 aliphatic carbocycles. The summed E-state index contributed by atoms with van der Waals surface area (Å²) in [6.07, 6.45) is 0.934. The summed E-state index contributed by atoms with van der Waals surface area (Å²) < 4.78 is 21.3. The summed E-state index contributed by atoms with van der Waals surface area (Å²) in [7, 11) is 6.38. The van der Waals surface area contributed by atoms with Gasteiger partial charge in [0.1, 0.15) is 5.75 Å². The van der Waals surface area contributed by atoms with Crippen molar-refractivity contribution in [3.8, 4) is 23.0 Å². The number of aryl methyl sites for hydroxylation is 1. The van der Waals surface area contributed by atoms with E-state index in [1.165, 1.54) is 0 Å². The van der Waals surface area contributed by atoms with Crippen LogP contribution in [-0.2, 0) is 17.8 Å². The molecule has 0 aromatic heterocycles. The molecule has 1 amide bonds. The number of benzene rings is 3. The largest absolute Gasteiger partial charge is 0.497 e. The van der Waals surface area contributed by atoms with Crippen molar-refractivity contribution in [2.75, 3.05) is 28.4 Å². The fourth-order valence-electron chi connectivity index (χ4n) is 3.34. The highest BCUT2D eigenvalue weighted by Crippen LogP contribution is 2.38. The molecule has 3 rings (SSSR count). The first-order valence-corrected chi connectivity index (χ1v) is 9.70. The summed E-state index contributed by atoms with van der Waals surface area (Å²) >= 11 is 0. The van der Waals surface area contributed by atoms with Gasteiger partial charge < -0.3 is 24.3 Å². The van der Waals surface area contributed by atoms with Crippen molar-refractivity contribution in [3.05, 3.63) is 59.7 Å². The van der Waals surface area contributed by atoms with Crippen molar-refractivity contribution in [1.29, 1.82) is 0 Å². The van der Waals surface area contributed by atoms with Crippen molar-refractivity contribution in [3.63, 3.8) is 0 Å². The molecular formula is C24H27NO5. The van der Waals surface area contributed by atoms with Crippen LogP contribution in [0, 0.1) is 0 Å². The highest BCUT2D eigenvalue weighted by Gasteiger charge is 2.14. The normalized spacial score (nSPS) is 10.5. The van der Waals surface area contributed by atoms with E-state index < -0.39 is 0 Å². The molecule has 0 fully saturated rings. The van der Waals surface area contributed by atoms with Crippen LogP contribution in [0.5, 0.6) is 23.0 Å². The van der Waals surface area contributed by atoms with E-state index in [2.05, 4.69) is 11.4 Å². The molecule has 0 aliphatic rings. The fraction of sp³-hybridized carbons (Fsp3) is 0.292. The van der Waals surface area contributed by atoms with Gasteiger partial charge in [0.15, 0.2) is 11.5 Å². The van der Waals surface area contributed by atoms with Gasteiger partial charge in [-0.05, 0) is 58.7 Å². The van der Waals surface area contributed by atoms with Crippen molar-refractivity contribution in [2.24, 2.45) is 0 Å². The van der Waals surface area contributed by atoms with Crippen LogP contribution in [0.25, 0.3) is 10.8 Å². The van der Waals surface area contributed by atoms with Gasteiger partial charge in [-0.15, -0.1) is 0 Å². The van der Waals surface area contributed by atoms with Crippen LogP contribution in [-0.4, -0.2) is 34.3 Å². The Labute approximate surface area is 176 Å². The Bertz CT molecular complexity index is 1010. The molecule has 6 nitrogen and oxygen atoms in total. The van der Waals surface area contributed by atoms with Crippen LogP contribution in [0.3, 0.4) is 0 Å². The van der Waals surface area contributed by atoms with Gasteiger partial charge in [-0.25, -0.2) is 0 Å². The Kier molecular flexibility index (Phi) is 7.01. The average Bonchev–Trinajstić information content (AvgIpc) is 2.79. The summed E-state index contributed by atoms with van der Waals surface area (Å²) in [5, 5.41) is 5.20. The van der Waals surface area contributed by atoms with Gasteiger partial charge in [0.05, 0.1) is 28.4 Å². The van der Waals surface area contributed by atoms with Crippen molar-refractivity contribution >= 4 is 16.7 Å². The number of methoxy groups -OCH3 is 4. The zero-order valence-corrected chi connectivity index (χ0v) is 17.8. The van der Waals surface area contributed by atoms with E-state index in [4.69, 9.17) is 18.9 Å². The minimum absolute atomic E-state index is 0.0152. The van der Waals surface area contributed by atoms with E-state index in [-0.39, 0.29) is 5.91 Å². The quantitative estimate of drug-likeness (QED) is 0.576. The second kappa shape index (κ2) is 9.87. The number of carbonyl (C=O) groups is 1. The smallest absolute Gasteiger partial charge is 0.220 e. The lowest BCUT2D eigenvalue weighted by atomic mass is 10.1. The SMILES string of the molecule is COc1ccc2cc(CNC(=O)CCc3cc(OC)c(OC)c(OC)c3)ccc2c1. The van der Waals surface area contributed by atoms with Gasteiger partial charge in [-0.2, -0.15) is 0 Å². The molecule has 3 aromatic rings. The highest BCUT2D eigenvalue weighted by atomic mass is 16.5. The number of ether oxygens (including phenoxy) is 4. The highest BCUT2D eigenvalue weighted by molar-refractivity contribution is 5.84. The molecule has 1 N–H and O–H groups in total. The fourth-order valence-corrected chi connectivity index (χ4v) is 3.34. The maximum atomic E-state index is 12.4. The Balaban J connectivity index is 1.59. The number of nitrogens with one attached hydrogen (secondary N) is 1. The molecule has 0 atom stereocenters. The Morgan fingerprint density at radius 3 is 2.07 bits per heavy atom. The lowest BCUT2D eigenvalue weighted by Gasteiger charge is -2.14. The molecule has 0 unspecified atom stereocenters. The topological polar surface area (TPSA) is 66.0 Å². The molecule has 158 valence electrons. The van der Waals surface area contributed by atoms with E-state index >= 15 is 0 Å². The Hall–Kier alpha value is -3.41. The Morgan fingerprint density at radius 1 is 0.767 bits per heavy atom. The van der Waals surface area contributed by atoms with Gasteiger partial charge in [0.25, 0.3) is 0 Å². The van der Waals surface area contributed by atoms with E-state index in [1.54, 1.807) is 28.4 Å². The van der Waals surface area contributed by atoms with E-state index in [9.17, 15) is 4.79 Å². The molecular weight excluding hydrogens is 382 g/mol. The number of amides is 1. The number of fused-ring (bicyclic) bond motifs is 1. The second-order valence-corrected chi connectivity index (χ2v) is 6.86. The van der Waals surface area contributed by atoms with Gasteiger partial charge in [-0.3, -0.25) is 4.79 Å². The van der Waals surface area contributed by atoms with E-state index in [0.29, 0.717) is 36.6 Å². The number of rotatable bonds is 9. The summed E-state index contributed by atoms with van der Waals surface area (Å²) in [4.78, 5) is 12.4. The molecule has 0 spiro atoms. The first kappa shape index (κ1) is 21.3. The van der Waals surface area contributed by atoms with Crippen LogP contribution in [0.4, 0.5) is 0 Å². The third kappa shape index (κ3) is 4.95. The number of carbonyl (C=O) groups excluding carboxylic acids is 1. The third-order valence-electron chi connectivity index (χ3n) is 4.97.